The van der Waals surface area contributed by atoms with E-state index in [0.29, 0.717) is 11.8 Å². The van der Waals surface area contributed by atoms with Gasteiger partial charge in [0.15, 0.2) is 0 Å². The van der Waals surface area contributed by atoms with Crippen molar-refractivity contribution in [1.82, 2.24) is 0 Å². The Balaban J connectivity index is 2.46. The van der Waals surface area contributed by atoms with E-state index in [4.69, 9.17) is 10.9 Å². The largest absolute Gasteiger partial charge is 0.409 e. The highest BCUT2D eigenvalue weighted by molar-refractivity contribution is 5.82. The summed E-state index contributed by atoms with van der Waals surface area (Å²) in [6, 6.07) is 0. The van der Waals surface area contributed by atoms with Crippen LogP contribution in [0.15, 0.2) is 5.16 Å². The maximum atomic E-state index is 8.44. The topological polar surface area (TPSA) is 58.6 Å². The number of rotatable bonds is 1. The second kappa shape index (κ2) is 3.60. The van der Waals surface area contributed by atoms with Gasteiger partial charge in [-0.15, -0.1) is 0 Å². The monoisotopic (exact) mass is 156 g/mol. The van der Waals surface area contributed by atoms with E-state index in [9.17, 15) is 0 Å². The molecule has 3 nitrogen and oxygen atoms in total. The number of hydrogen-bond donors (Lipinski definition) is 2. The van der Waals surface area contributed by atoms with E-state index < -0.39 is 0 Å². The zero-order chi connectivity index (χ0) is 8.27. The first-order chi connectivity index (χ1) is 5.24. The van der Waals surface area contributed by atoms with Gasteiger partial charge < -0.3 is 10.9 Å². The molecule has 0 heterocycles. The number of amidine groups is 1. The minimum atomic E-state index is 0.323. The van der Waals surface area contributed by atoms with Crippen molar-refractivity contribution in [2.75, 3.05) is 0 Å². The third-order valence-corrected chi connectivity index (χ3v) is 2.47. The zero-order valence-corrected chi connectivity index (χ0v) is 6.95. The van der Waals surface area contributed by atoms with E-state index in [2.05, 4.69) is 12.1 Å². The Bertz CT molecular complexity index is 156. The van der Waals surface area contributed by atoms with Crippen LogP contribution in [-0.4, -0.2) is 11.0 Å². The summed E-state index contributed by atoms with van der Waals surface area (Å²) in [5.74, 6) is 1.47. The lowest BCUT2D eigenvalue weighted by Gasteiger charge is -2.25. The van der Waals surface area contributed by atoms with Gasteiger partial charge in [0.25, 0.3) is 0 Å². The average molecular weight is 156 g/mol. The summed E-state index contributed by atoms with van der Waals surface area (Å²) < 4.78 is 0. The molecular weight excluding hydrogens is 140 g/mol. The van der Waals surface area contributed by atoms with Crippen molar-refractivity contribution < 1.29 is 5.21 Å². The predicted octanol–water partition coefficient (Wildman–Crippen LogP) is 1.56. The lowest BCUT2D eigenvalue weighted by molar-refractivity contribution is 0.296. The fourth-order valence-electron chi connectivity index (χ4n) is 1.78. The standard InChI is InChI=1S/C8H16N2O/c1-6-3-2-4-7(5-6)8(9)10-11/h6-7,11H,2-5H2,1H3,(H2,9,10). The van der Waals surface area contributed by atoms with E-state index in [0.717, 1.165) is 18.8 Å². The van der Waals surface area contributed by atoms with E-state index in [1.165, 1.54) is 12.8 Å². The van der Waals surface area contributed by atoms with E-state index >= 15 is 0 Å². The summed E-state index contributed by atoms with van der Waals surface area (Å²) >= 11 is 0. The molecule has 11 heavy (non-hydrogen) atoms. The van der Waals surface area contributed by atoms with Gasteiger partial charge in [0.05, 0.1) is 0 Å². The molecule has 64 valence electrons. The second-order valence-corrected chi connectivity index (χ2v) is 3.49. The van der Waals surface area contributed by atoms with Crippen molar-refractivity contribution in [2.24, 2.45) is 22.7 Å². The van der Waals surface area contributed by atoms with Crippen LogP contribution in [0.5, 0.6) is 0 Å². The molecule has 0 aromatic carbocycles. The summed E-state index contributed by atoms with van der Waals surface area (Å²) in [7, 11) is 0. The first-order valence-corrected chi connectivity index (χ1v) is 4.21. The van der Waals surface area contributed by atoms with Crippen molar-refractivity contribution in [1.29, 1.82) is 0 Å². The van der Waals surface area contributed by atoms with Crippen LogP contribution < -0.4 is 5.73 Å². The van der Waals surface area contributed by atoms with Crippen LogP contribution in [0.3, 0.4) is 0 Å². The van der Waals surface area contributed by atoms with Crippen molar-refractivity contribution in [3.8, 4) is 0 Å². The molecule has 3 heteroatoms. The lowest BCUT2D eigenvalue weighted by Crippen LogP contribution is -2.28. The SMILES string of the molecule is CC1CCCC(C(N)=NO)C1. The zero-order valence-electron chi connectivity index (χ0n) is 6.95. The van der Waals surface area contributed by atoms with E-state index in [1.807, 2.05) is 0 Å². The Morgan fingerprint density at radius 2 is 2.27 bits per heavy atom. The molecule has 0 saturated heterocycles. The van der Waals surface area contributed by atoms with Crippen molar-refractivity contribution in [3.05, 3.63) is 0 Å². The predicted molar refractivity (Wildman–Crippen MR) is 44.5 cm³/mol. The van der Waals surface area contributed by atoms with Crippen LogP contribution >= 0.6 is 0 Å². The average Bonchev–Trinajstić information content (AvgIpc) is 2.03. The maximum Gasteiger partial charge on any atom is 0.142 e. The first-order valence-electron chi connectivity index (χ1n) is 4.21. The smallest absolute Gasteiger partial charge is 0.142 e. The molecule has 1 aliphatic carbocycles. The van der Waals surface area contributed by atoms with Gasteiger partial charge in [-0.25, -0.2) is 0 Å². The Labute approximate surface area is 67.3 Å². The van der Waals surface area contributed by atoms with Gasteiger partial charge in [-0.1, -0.05) is 24.9 Å². The van der Waals surface area contributed by atoms with Crippen molar-refractivity contribution in [2.45, 2.75) is 32.6 Å². The molecule has 1 rings (SSSR count). The molecule has 2 unspecified atom stereocenters. The highest BCUT2D eigenvalue weighted by Crippen LogP contribution is 2.28. The highest BCUT2D eigenvalue weighted by atomic mass is 16.4. The van der Waals surface area contributed by atoms with Crippen LogP contribution in [0.1, 0.15) is 32.6 Å². The fourth-order valence-corrected chi connectivity index (χ4v) is 1.78. The number of hydrogen-bond acceptors (Lipinski definition) is 2. The minimum Gasteiger partial charge on any atom is -0.409 e. The van der Waals surface area contributed by atoms with Gasteiger partial charge in [-0.05, 0) is 18.8 Å². The molecule has 0 spiro atoms. The van der Waals surface area contributed by atoms with Gasteiger partial charge >= 0.3 is 0 Å². The molecule has 0 aromatic heterocycles. The molecule has 1 fully saturated rings. The molecule has 0 aromatic rings. The van der Waals surface area contributed by atoms with Crippen LogP contribution in [0.2, 0.25) is 0 Å². The lowest BCUT2D eigenvalue weighted by atomic mass is 9.82. The third kappa shape index (κ3) is 2.10. The van der Waals surface area contributed by atoms with Crippen LogP contribution in [0.4, 0.5) is 0 Å². The normalized spacial score (nSPS) is 33.7. The van der Waals surface area contributed by atoms with Gasteiger partial charge in [0.1, 0.15) is 5.84 Å². The highest BCUT2D eigenvalue weighted by Gasteiger charge is 2.21. The molecule has 3 N–H and O–H groups in total. The molecule has 2 atom stereocenters. The van der Waals surface area contributed by atoms with Crippen LogP contribution in [-0.2, 0) is 0 Å². The summed E-state index contributed by atoms with van der Waals surface area (Å²) in [5, 5.41) is 11.5. The Hall–Kier alpha value is -0.730. The van der Waals surface area contributed by atoms with Gasteiger partial charge in [-0.3, -0.25) is 0 Å². The molecule has 1 aliphatic rings. The summed E-state index contributed by atoms with van der Waals surface area (Å²) in [6.07, 6.45) is 4.66. The molecule has 0 amide bonds. The van der Waals surface area contributed by atoms with Crippen LogP contribution in [0, 0.1) is 11.8 Å². The molecule has 0 radical (unpaired) electrons. The van der Waals surface area contributed by atoms with E-state index in [-0.39, 0.29) is 0 Å². The quantitative estimate of drug-likeness (QED) is 0.262. The second-order valence-electron chi connectivity index (χ2n) is 3.49. The maximum absolute atomic E-state index is 8.44. The molecule has 1 saturated carbocycles. The Morgan fingerprint density at radius 1 is 1.55 bits per heavy atom. The van der Waals surface area contributed by atoms with Crippen molar-refractivity contribution >= 4 is 5.84 Å². The minimum absolute atomic E-state index is 0.323. The fraction of sp³-hybridized carbons (Fsp3) is 0.875. The van der Waals surface area contributed by atoms with E-state index in [1.54, 1.807) is 0 Å². The first kappa shape index (κ1) is 8.37. The number of nitrogens with two attached hydrogens (primary N) is 1. The van der Waals surface area contributed by atoms with Crippen molar-refractivity contribution in [3.63, 3.8) is 0 Å². The molecule has 0 aliphatic heterocycles. The van der Waals surface area contributed by atoms with Crippen LogP contribution in [0.25, 0.3) is 0 Å². The van der Waals surface area contributed by atoms with Gasteiger partial charge in [0, 0.05) is 5.92 Å². The number of nitrogens with zero attached hydrogens (tertiary/aromatic N) is 1. The Morgan fingerprint density at radius 3 is 2.82 bits per heavy atom. The summed E-state index contributed by atoms with van der Waals surface area (Å²) in [5.41, 5.74) is 5.51. The van der Waals surface area contributed by atoms with Gasteiger partial charge in [0.2, 0.25) is 0 Å². The summed E-state index contributed by atoms with van der Waals surface area (Å²) in [6.45, 7) is 2.22. The summed E-state index contributed by atoms with van der Waals surface area (Å²) in [4.78, 5) is 0. The molecular formula is C8H16N2O. The van der Waals surface area contributed by atoms with Gasteiger partial charge in [-0.2, -0.15) is 0 Å². The Kier molecular flexibility index (Phi) is 2.74. The number of oxime groups is 1. The molecule has 0 bridgehead atoms. The third-order valence-electron chi connectivity index (χ3n) is 2.47.